The summed E-state index contributed by atoms with van der Waals surface area (Å²) in [5.41, 5.74) is 2.62. The zero-order valence-corrected chi connectivity index (χ0v) is 14.4. The molecule has 102 valence electrons. The van der Waals surface area contributed by atoms with Crippen LogP contribution in [0.3, 0.4) is 0 Å². The SMILES string of the molecule is CC(Cl)c1nc2cc(Br)cnc2n1-c1ccc(Br)cc1. The molecule has 0 spiro atoms. The number of pyridine rings is 1. The van der Waals surface area contributed by atoms with Crippen molar-refractivity contribution in [3.05, 3.63) is 51.3 Å². The highest BCUT2D eigenvalue weighted by Gasteiger charge is 2.17. The zero-order valence-electron chi connectivity index (χ0n) is 10.5. The molecule has 3 aromatic rings. The number of hydrogen-bond acceptors (Lipinski definition) is 2. The van der Waals surface area contributed by atoms with Gasteiger partial charge in [-0.25, -0.2) is 9.97 Å². The van der Waals surface area contributed by atoms with Crippen LogP contribution in [-0.4, -0.2) is 14.5 Å². The van der Waals surface area contributed by atoms with E-state index in [2.05, 4.69) is 41.8 Å². The summed E-state index contributed by atoms with van der Waals surface area (Å²) in [6.07, 6.45) is 1.77. The van der Waals surface area contributed by atoms with Crippen LogP contribution in [0.2, 0.25) is 0 Å². The molecule has 1 unspecified atom stereocenters. The van der Waals surface area contributed by atoms with Crippen molar-refractivity contribution < 1.29 is 0 Å². The molecule has 3 nitrogen and oxygen atoms in total. The molecule has 0 amide bonds. The first-order valence-electron chi connectivity index (χ1n) is 6.00. The second-order valence-corrected chi connectivity index (χ2v) is 6.88. The number of fused-ring (bicyclic) bond motifs is 1. The van der Waals surface area contributed by atoms with E-state index in [1.54, 1.807) is 6.20 Å². The number of nitrogens with zero attached hydrogens (tertiary/aromatic N) is 3. The van der Waals surface area contributed by atoms with E-state index in [1.807, 2.05) is 41.8 Å². The van der Waals surface area contributed by atoms with E-state index in [0.29, 0.717) is 0 Å². The molecule has 0 bridgehead atoms. The number of rotatable bonds is 2. The lowest BCUT2D eigenvalue weighted by molar-refractivity contribution is 0.877. The van der Waals surface area contributed by atoms with Gasteiger partial charge < -0.3 is 0 Å². The summed E-state index contributed by atoms with van der Waals surface area (Å²) in [4.78, 5) is 9.06. The van der Waals surface area contributed by atoms with Gasteiger partial charge >= 0.3 is 0 Å². The van der Waals surface area contributed by atoms with E-state index >= 15 is 0 Å². The summed E-state index contributed by atoms with van der Waals surface area (Å²) < 4.78 is 3.92. The standard InChI is InChI=1S/C14H10Br2ClN3/c1-8(17)13-19-12-6-10(16)7-18-14(12)20(13)11-4-2-9(15)3-5-11/h2-8H,1H3. The molecule has 2 aromatic heterocycles. The Hall–Kier alpha value is -0.910. The molecule has 0 saturated heterocycles. The van der Waals surface area contributed by atoms with Gasteiger partial charge in [-0.3, -0.25) is 4.57 Å². The van der Waals surface area contributed by atoms with Crippen LogP contribution in [0.5, 0.6) is 0 Å². The molecule has 0 aliphatic rings. The van der Waals surface area contributed by atoms with Crippen LogP contribution in [0, 0.1) is 0 Å². The highest BCUT2D eigenvalue weighted by Crippen LogP contribution is 2.28. The van der Waals surface area contributed by atoms with Crippen molar-refractivity contribution in [2.24, 2.45) is 0 Å². The third-order valence-electron chi connectivity index (χ3n) is 2.93. The van der Waals surface area contributed by atoms with Gasteiger partial charge in [0.25, 0.3) is 0 Å². The predicted octanol–water partition coefficient (Wildman–Crippen LogP) is 5.25. The molecule has 3 rings (SSSR count). The van der Waals surface area contributed by atoms with Crippen molar-refractivity contribution in [1.82, 2.24) is 14.5 Å². The maximum atomic E-state index is 6.27. The van der Waals surface area contributed by atoms with E-state index in [9.17, 15) is 0 Å². The third kappa shape index (κ3) is 2.50. The summed E-state index contributed by atoms with van der Waals surface area (Å²) in [7, 11) is 0. The van der Waals surface area contributed by atoms with Gasteiger partial charge in [0.15, 0.2) is 5.65 Å². The van der Waals surface area contributed by atoms with Crippen molar-refractivity contribution in [3.8, 4) is 5.69 Å². The summed E-state index contributed by atoms with van der Waals surface area (Å²) in [6.45, 7) is 1.91. The topological polar surface area (TPSA) is 30.7 Å². The smallest absolute Gasteiger partial charge is 0.164 e. The Morgan fingerprint density at radius 2 is 1.85 bits per heavy atom. The number of imidazole rings is 1. The van der Waals surface area contributed by atoms with Gasteiger partial charge in [0.2, 0.25) is 0 Å². The Balaban J connectivity index is 2.31. The van der Waals surface area contributed by atoms with Gasteiger partial charge in [-0.05, 0) is 53.2 Å². The molecule has 2 heterocycles. The second kappa shape index (κ2) is 5.47. The minimum Gasteiger partial charge on any atom is -0.279 e. The quantitative estimate of drug-likeness (QED) is 0.536. The molecule has 1 atom stereocenters. The van der Waals surface area contributed by atoms with Crippen LogP contribution >= 0.6 is 43.5 Å². The van der Waals surface area contributed by atoms with Crippen LogP contribution < -0.4 is 0 Å². The fraction of sp³-hybridized carbons (Fsp3) is 0.143. The third-order valence-corrected chi connectivity index (χ3v) is 4.09. The minimum absolute atomic E-state index is 0.202. The maximum Gasteiger partial charge on any atom is 0.164 e. The minimum atomic E-state index is -0.202. The van der Waals surface area contributed by atoms with Gasteiger partial charge in [-0.1, -0.05) is 15.9 Å². The maximum absolute atomic E-state index is 6.27. The monoisotopic (exact) mass is 413 g/mol. The molecule has 0 aliphatic carbocycles. The second-order valence-electron chi connectivity index (χ2n) is 4.39. The van der Waals surface area contributed by atoms with Crippen LogP contribution in [0.4, 0.5) is 0 Å². The highest BCUT2D eigenvalue weighted by atomic mass is 79.9. The molecule has 0 saturated carbocycles. The number of aromatic nitrogens is 3. The van der Waals surface area contributed by atoms with E-state index < -0.39 is 0 Å². The van der Waals surface area contributed by atoms with Gasteiger partial charge in [0.1, 0.15) is 11.3 Å². The first-order chi connectivity index (χ1) is 9.56. The summed E-state index contributed by atoms with van der Waals surface area (Å²) in [5.74, 6) is 0.787. The molecule has 0 aliphatic heterocycles. The average Bonchev–Trinajstić information content (AvgIpc) is 2.78. The molecule has 0 radical (unpaired) electrons. The van der Waals surface area contributed by atoms with Crippen molar-refractivity contribution in [1.29, 1.82) is 0 Å². The summed E-state index contributed by atoms with van der Waals surface area (Å²) in [5, 5.41) is -0.202. The van der Waals surface area contributed by atoms with E-state index in [4.69, 9.17) is 11.6 Å². The highest BCUT2D eigenvalue weighted by molar-refractivity contribution is 9.10. The summed E-state index contributed by atoms with van der Waals surface area (Å²) in [6, 6.07) is 9.95. The van der Waals surface area contributed by atoms with Crippen molar-refractivity contribution in [3.63, 3.8) is 0 Å². The Morgan fingerprint density at radius 1 is 1.15 bits per heavy atom. The largest absolute Gasteiger partial charge is 0.279 e. The van der Waals surface area contributed by atoms with Crippen molar-refractivity contribution in [2.75, 3.05) is 0 Å². The first kappa shape index (κ1) is 14.0. The van der Waals surface area contributed by atoms with Crippen LogP contribution in [0.25, 0.3) is 16.9 Å². The summed E-state index contributed by atoms with van der Waals surface area (Å²) >= 11 is 13.1. The van der Waals surface area contributed by atoms with Crippen LogP contribution in [-0.2, 0) is 0 Å². The first-order valence-corrected chi connectivity index (χ1v) is 8.02. The van der Waals surface area contributed by atoms with E-state index in [-0.39, 0.29) is 5.38 Å². The normalized spacial score (nSPS) is 12.8. The lowest BCUT2D eigenvalue weighted by Crippen LogP contribution is -2.02. The lowest BCUT2D eigenvalue weighted by atomic mass is 10.3. The lowest BCUT2D eigenvalue weighted by Gasteiger charge is -2.10. The van der Waals surface area contributed by atoms with Gasteiger partial charge in [0, 0.05) is 20.8 Å². The Morgan fingerprint density at radius 3 is 2.50 bits per heavy atom. The molecular formula is C14H10Br2ClN3. The number of hydrogen-bond donors (Lipinski definition) is 0. The molecule has 6 heteroatoms. The van der Waals surface area contributed by atoms with Gasteiger partial charge in [0.05, 0.1) is 5.38 Å². The van der Waals surface area contributed by atoms with Crippen LogP contribution in [0.1, 0.15) is 18.1 Å². The van der Waals surface area contributed by atoms with E-state index in [0.717, 1.165) is 31.6 Å². The fourth-order valence-corrected chi connectivity index (χ4v) is 2.80. The predicted molar refractivity (Wildman–Crippen MR) is 88.5 cm³/mol. The Labute approximate surface area is 138 Å². The van der Waals surface area contributed by atoms with Crippen molar-refractivity contribution in [2.45, 2.75) is 12.3 Å². The van der Waals surface area contributed by atoms with Gasteiger partial charge in [-0.2, -0.15) is 0 Å². The van der Waals surface area contributed by atoms with Crippen molar-refractivity contribution >= 4 is 54.6 Å². The van der Waals surface area contributed by atoms with Gasteiger partial charge in [-0.15, -0.1) is 11.6 Å². The zero-order chi connectivity index (χ0) is 14.3. The van der Waals surface area contributed by atoms with E-state index in [1.165, 1.54) is 0 Å². The average molecular weight is 416 g/mol. The number of alkyl halides is 1. The van der Waals surface area contributed by atoms with Crippen LogP contribution in [0.15, 0.2) is 45.5 Å². The molecule has 20 heavy (non-hydrogen) atoms. The molecule has 0 N–H and O–H groups in total. The molecule has 0 fully saturated rings. The number of benzene rings is 1. The molecular weight excluding hydrogens is 405 g/mol. The Bertz CT molecular complexity index is 766. The molecule has 1 aromatic carbocycles. The Kier molecular flexibility index (Phi) is 3.84. The number of halogens is 3. The fourth-order valence-electron chi connectivity index (χ4n) is 2.07.